The van der Waals surface area contributed by atoms with Crippen molar-refractivity contribution in [3.8, 4) is 0 Å². The van der Waals surface area contributed by atoms with E-state index in [1.54, 1.807) is 18.5 Å². The summed E-state index contributed by atoms with van der Waals surface area (Å²) >= 11 is 18.3. The Morgan fingerprint density at radius 3 is 1.60 bits per heavy atom. The lowest BCUT2D eigenvalue weighted by Crippen LogP contribution is -2.54. The van der Waals surface area contributed by atoms with Crippen LogP contribution in [-0.2, 0) is 0 Å². The fourth-order valence-electron chi connectivity index (χ4n) is 7.27. The molecule has 15 heteroatoms. The number of fused-ring (bicyclic) bond motifs is 10. The van der Waals surface area contributed by atoms with Crippen molar-refractivity contribution in [2.45, 2.75) is 51.9 Å². The van der Waals surface area contributed by atoms with Gasteiger partial charge in [0.15, 0.2) is 33.6 Å². The van der Waals surface area contributed by atoms with Gasteiger partial charge in [0.1, 0.15) is 11.0 Å². The highest BCUT2D eigenvalue weighted by Gasteiger charge is 2.26. The third kappa shape index (κ3) is 7.15. The van der Waals surface area contributed by atoms with Crippen molar-refractivity contribution < 1.29 is 0 Å². The van der Waals surface area contributed by atoms with E-state index in [0.717, 1.165) is 70.9 Å². The van der Waals surface area contributed by atoms with Crippen LogP contribution in [-0.4, -0.2) is 89.1 Å². The summed E-state index contributed by atoms with van der Waals surface area (Å²) in [5, 5.41) is 11.8. The molecule has 0 radical (unpaired) electrons. The molecule has 10 rings (SSSR count). The topological polar surface area (TPSA) is 125 Å². The molecule has 8 heterocycles. The number of aromatic nitrogens is 8. The second-order valence-electron chi connectivity index (χ2n) is 13.9. The number of nitrogens with zero attached hydrogens (tertiary/aromatic N) is 9. The van der Waals surface area contributed by atoms with Crippen molar-refractivity contribution in [1.82, 2.24) is 54.7 Å². The van der Waals surface area contributed by atoms with Gasteiger partial charge in [-0.1, -0.05) is 59.1 Å². The molecule has 2 aliphatic rings. The first kappa shape index (κ1) is 35.6. The van der Waals surface area contributed by atoms with E-state index < -0.39 is 0 Å². The monoisotopic (exact) mass is 768 g/mol. The first-order chi connectivity index (χ1) is 25.6. The van der Waals surface area contributed by atoms with E-state index in [1.807, 2.05) is 52.9 Å². The van der Waals surface area contributed by atoms with E-state index in [1.165, 1.54) is 0 Å². The Bertz CT molecular complexity index is 2590. The van der Waals surface area contributed by atoms with Gasteiger partial charge in [-0.15, -0.1) is 0 Å². The van der Waals surface area contributed by atoms with Crippen molar-refractivity contribution in [3.05, 3.63) is 88.3 Å². The Kier molecular flexibility index (Phi) is 9.92. The predicted molar refractivity (Wildman–Crippen MR) is 216 cm³/mol. The summed E-state index contributed by atoms with van der Waals surface area (Å²) in [6.07, 6.45) is 3.25. The Morgan fingerprint density at radius 1 is 0.566 bits per heavy atom. The van der Waals surface area contributed by atoms with Crippen LogP contribution in [0, 0.1) is 0 Å². The minimum absolute atomic E-state index is 0.341. The molecule has 8 aromatic rings. The number of para-hydroxylation sites is 4. The number of pyridine rings is 2. The van der Waals surface area contributed by atoms with Gasteiger partial charge < -0.3 is 20.9 Å². The summed E-state index contributed by atoms with van der Waals surface area (Å²) < 4.78 is 4.00. The summed E-state index contributed by atoms with van der Waals surface area (Å²) in [4.78, 5) is 29.8. The Hall–Kier alpha value is -4.43. The van der Waals surface area contributed by atoms with Crippen LogP contribution in [0.15, 0.2) is 73.1 Å². The molecule has 12 nitrogen and oxygen atoms in total. The molecule has 0 saturated carbocycles. The largest absolute Gasteiger partial charge is 0.350 e. The van der Waals surface area contributed by atoms with Gasteiger partial charge in [0.25, 0.3) is 0 Å². The Labute approximate surface area is 320 Å². The maximum atomic E-state index is 6.20. The predicted octanol–water partition coefficient (Wildman–Crippen LogP) is 6.96. The lowest BCUT2D eigenvalue weighted by atomic mass is 10.1. The molecule has 272 valence electrons. The van der Waals surface area contributed by atoms with E-state index in [9.17, 15) is 0 Å². The van der Waals surface area contributed by atoms with Gasteiger partial charge in [-0.05, 0) is 64.1 Å². The average molecular weight is 770 g/mol. The quantitative estimate of drug-likeness (QED) is 0.161. The van der Waals surface area contributed by atoms with E-state index in [0.29, 0.717) is 56.2 Å². The number of hydrogen-bond acceptors (Lipinski definition) is 10. The third-order valence-electron chi connectivity index (χ3n) is 9.33. The molecule has 3 N–H and O–H groups in total. The normalized spacial score (nSPS) is 20.5. The van der Waals surface area contributed by atoms with Crippen molar-refractivity contribution in [3.63, 3.8) is 0 Å². The van der Waals surface area contributed by atoms with Crippen LogP contribution in [0.4, 0.5) is 5.82 Å². The molecule has 0 spiro atoms. The lowest BCUT2D eigenvalue weighted by Gasteiger charge is -2.37. The number of imidazole rings is 2. The summed E-state index contributed by atoms with van der Waals surface area (Å²) in [5.41, 5.74) is 8.11. The van der Waals surface area contributed by atoms with Gasteiger partial charge in [0, 0.05) is 62.7 Å². The number of anilines is 1. The smallest absolute Gasteiger partial charge is 0.183 e. The number of rotatable bonds is 1. The molecule has 53 heavy (non-hydrogen) atoms. The van der Waals surface area contributed by atoms with Crippen LogP contribution in [0.2, 0.25) is 15.2 Å². The van der Waals surface area contributed by atoms with Crippen LogP contribution in [0.1, 0.15) is 27.7 Å². The highest BCUT2D eigenvalue weighted by Crippen LogP contribution is 2.30. The van der Waals surface area contributed by atoms with Gasteiger partial charge in [-0.25, -0.2) is 29.9 Å². The second kappa shape index (κ2) is 14.8. The molecule has 2 fully saturated rings. The fourth-order valence-corrected chi connectivity index (χ4v) is 7.79. The minimum Gasteiger partial charge on any atom is -0.350 e. The standard InChI is InChI=1S/C19H19ClN6.C13H6Cl2N4.C6H14N2/c1-11-9-25(10-12(2)22-11)18-19-23-14-5-3-4-6-16(14)26(19)17-15(24-18)7-13(20)8-21-17;14-7-5-9-12(16-6-7)19-10-4-2-1-3-8(10)18-13(19)11(15)17-9;1-5-3-7-4-6(2)8-5/h3-8,11-12,22H,9-10H2,1-2H3;1-6H;5-8H,3-4H2,1-2H3/t11-,12+;;5-,6+. The van der Waals surface area contributed by atoms with E-state index >= 15 is 0 Å². The van der Waals surface area contributed by atoms with Gasteiger partial charge >= 0.3 is 0 Å². The van der Waals surface area contributed by atoms with Crippen LogP contribution in [0.3, 0.4) is 0 Å². The first-order valence-corrected chi connectivity index (χ1v) is 18.8. The summed E-state index contributed by atoms with van der Waals surface area (Å²) in [6.45, 7) is 12.8. The molecule has 0 amide bonds. The zero-order valence-corrected chi connectivity index (χ0v) is 32.0. The summed E-state index contributed by atoms with van der Waals surface area (Å²) in [5.74, 6) is 0.887. The maximum Gasteiger partial charge on any atom is 0.183 e. The molecule has 0 unspecified atom stereocenters. The Morgan fingerprint density at radius 2 is 1.06 bits per heavy atom. The zero-order valence-electron chi connectivity index (χ0n) is 29.7. The van der Waals surface area contributed by atoms with Crippen LogP contribution in [0.25, 0.3) is 55.7 Å². The number of halogens is 3. The molecule has 6 aromatic heterocycles. The molecular formula is C38H39Cl3N12. The fraction of sp³-hybridized carbons (Fsp3) is 0.316. The van der Waals surface area contributed by atoms with Crippen molar-refractivity contribution in [1.29, 1.82) is 0 Å². The van der Waals surface area contributed by atoms with Crippen LogP contribution >= 0.6 is 34.8 Å². The number of piperazine rings is 2. The SMILES string of the molecule is C[C@@H]1CN(c2nc3cc(Cl)cnc3n3c2nc2ccccc23)C[C@H](C)N1.C[C@@H]1CNC[C@H](C)N1.Clc1cnc2c(c1)nc(Cl)c1nc3ccccc3n12. The van der Waals surface area contributed by atoms with Gasteiger partial charge in [0.2, 0.25) is 0 Å². The molecule has 2 saturated heterocycles. The summed E-state index contributed by atoms with van der Waals surface area (Å²) in [7, 11) is 0. The molecule has 4 atom stereocenters. The number of nitrogens with one attached hydrogen (secondary N) is 3. The minimum atomic E-state index is 0.341. The van der Waals surface area contributed by atoms with E-state index in [-0.39, 0.29) is 0 Å². The number of benzene rings is 2. The van der Waals surface area contributed by atoms with E-state index in [2.05, 4.69) is 78.9 Å². The molecule has 0 aliphatic carbocycles. The third-order valence-corrected chi connectivity index (χ3v) is 10.00. The zero-order chi connectivity index (χ0) is 36.8. The maximum absolute atomic E-state index is 6.20. The van der Waals surface area contributed by atoms with Crippen LogP contribution in [0.5, 0.6) is 0 Å². The molecular weight excluding hydrogens is 731 g/mol. The average Bonchev–Trinajstić information content (AvgIpc) is 3.71. The highest BCUT2D eigenvalue weighted by atomic mass is 35.5. The summed E-state index contributed by atoms with van der Waals surface area (Å²) in [6, 6.07) is 21.6. The van der Waals surface area contributed by atoms with Crippen LogP contribution < -0.4 is 20.9 Å². The lowest BCUT2D eigenvalue weighted by molar-refractivity contribution is 0.370. The van der Waals surface area contributed by atoms with Crippen molar-refractivity contribution in [2.24, 2.45) is 0 Å². The second-order valence-corrected chi connectivity index (χ2v) is 15.1. The van der Waals surface area contributed by atoms with Gasteiger partial charge in [0.05, 0.1) is 32.1 Å². The highest BCUT2D eigenvalue weighted by molar-refractivity contribution is 6.33. The van der Waals surface area contributed by atoms with E-state index in [4.69, 9.17) is 44.8 Å². The van der Waals surface area contributed by atoms with Crippen molar-refractivity contribution >= 4 is 96.3 Å². The van der Waals surface area contributed by atoms with Gasteiger partial charge in [-0.3, -0.25) is 8.80 Å². The first-order valence-electron chi connectivity index (χ1n) is 17.7. The Balaban J connectivity index is 0.000000129. The number of hydrogen-bond donors (Lipinski definition) is 3. The van der Waals surface area contributed by atoms with Gasteiger partial charge in [-0.2, -0.15) is 0 Å². The molecule has 2 aromatic carbocycles. The van der Waals surface area contributed by atoms with Crippen molar-refractivity contribution in [2.75, 3.05) is 31.1 Å². The molecule has 0 bridgehead atoms. The molecule has 2 aliphatic heterocycles.